The van der Waals surface area contributed by atoms with Gasteiger partial charge in [0, 0.05) is 20.2 Å². The van der Waals surface area contributed by atoms with Crippen molar-refractivity contribution in [2.24, 2.45) is 0 Å². The van der Waals surface area contributed by atoms with Gasteiger partial charge in [0.15, 0.2) is 0 Å². The lowest BCUT2D eigenvalue weighted by Gasteiger charge is -2.30. The van der Waals surface area contributed by atoms with E-state index in [0.29, 0.717) is 6.54 Å². The van der Waals surface area contributed by atoms with E-state index in [1.807, 2.05) is 24.3 Å². The van der Waals surface area contributed by atoms with Gasteiger partial charge in [-0.05, 0) is 12.1 Å². The smallest absolute Gasteiger partial charge is 0.253 e. The maximum absolute atomic E-state index is 11.7. The molecule has 0 unspecified atom stereocenters. The Balaban J connectivity index is 0.00000128. The number of halogens is 1. The summed E-state index contributed by atoms with van der Waals surface area (Å²) in [6.45, 7) is 1.61. The quantitative estimate of drug-likeness (QED) is 0.855. The number of hydrogen-bond donors (Lipinski definition) is 1. The number of methoxy groups -OCH3 is 1. The van der Waals surface area contributed by atoms with Gasteiger partial charge in [-0.25, -0.2) is 0 Å². The van der Waals surface area contributed by atoms with Crippen LogP contribution in [-0.4, -0.2) is 32.7 Å². The Morgan fingerprint density at radius 2 is 2.25 bits per heavy atom. The molecule has 2 rings (SSSR count). The maximum atomic E-state index is 11.7. The second-order valence-electron chi connectivity index (χ2n) is 3.42. The summed E-state index contributed by atoms with van der Waals surface area (Å²) in [5.74, 6) is 0.00597. The van der Waals surface area contributed by atoms with Gasteiger partial charge in [0.2, 0.25) is 0 Å². The molecule has 1 aromatic carbocycles. The third-order valence-electron chi connectivity index (χ3n) is 2.41. The molecule has 1 aliphatic rings. The minimum atomic E-state index is 0. The molecule has 1 heterocycles. The fourth-order valence-corrected chi connectivity index (χ4v) is 1.74. The Morgan fingerprint density at radius 1 is 1.50 bits per heavy atom. The fourth-order valence-electron chi connectivity index (χ4n) is 1.74. The van der Waals surface area contributed by atoms with Crippen LogP contribution in [0.3, 0.4) is 0 Å². The minimum absolute atomic E-state index is 0. The Morgan fingerprint density at radius 3 is 3.00 bits per heavy atom. The van der Waals surface area contributed by atoms with E-state index in [0.717, 1.165) is 17.9 Å². The van der Waals surface area contributed by atoms with Crippen molar-refractivity contribution >= 4 is 29.7 Å². The Hall–Kier alpha value is -1.26. The Bertz CT molecular complexity index is 371. The molecule has 0 saturated carbocycles. The van der Waals surface area contributed by atoms with Crippen LogP contribution < -0.4 is 10.2 Å². The van der Waals surface area contributed by atoms with Gasteiger partial charge < -0.3 is 15.0 Å². The van der Waals surface area contributed by atoms with Crippen LogP contribution >= 0.6 is 12.4 Å². The van der Waals surface area contributed by atoms with Crippen LogP contribution in [0, 0.1) is 0 Å². The molecule has 0 saturated heterocycles. The van der Waals surface area contributed by atoms with Crippen LogP contribution in [0.15, 0.2) is 24.3 Å². The topological polar surface area (TPSA) is 41.6 Å². The van der Waals surface area contributed by atoms with Gasteiger partial charge in [-0.15, -0.1) is 12.4 Å². The largest absolute Gasteiger partial charge is 0.382 e. The highest BCUT2D eigenvalue weighted by Gasteiger charge is 2.21. The highest BCUT2D eigenvalue weighted by atomic mass is 35.5. The zero-order valence-corrected chi connectivity index (χ0v) is 9.92. The van der Waals surface area contributed by atoms with Crippen LogP contribution in [0.25, 0.3) is 0 Å². The van der Waals surface area contributed by atoms with Crippen molar-refractivity contribution in [3.8, 4) is 0 Å². The van der Waals surface area contributed by atoms with E-state index in [4.69, 9.17) is 4.74 Å². The number of amides is 1. The van der Waals surface area contributed by atoms with Gasteiger partial charge >= 0.3 is 0 Å². The van der Waals surface area contributed by atoms with E-state index in [-0.39, 0.29) is 24.9 Å². The molecule has 0 radical (unpaired) electrons. The van der Waals surface area contributed by atoms with Crippen LogP contribution in [0.4, 0.5) is 11.4 Å². The van der Waals surface area contributed by atoms with Crippen molar-refractivity contribution in [1.29, 1.82) is 0 Å². The molecule has 1 N–H and O–H groups in total. The average Bonchev–Trinajstić information content (AvgIpc) is 2.28. The van der Waals surface area contributed by atoms with Gasteiger partial charge in [-0.1, -0.05) is 12.1 Å². The number of anilines is 2. The maximum Gasteiger partial charge on any atom is 0.253 e. The molecule has 0 spiro atoms. The van der Waals surface area contributed by atoms with Gasteiger partial charge in [0.05, 0.1) is 11.4 Å². The minimum Gasteiger partial charge on any atom is -0.382 e. The van der Waals surface area contributed by atoms with E-state index in [2.05, 4.69) is 5.32 Å². The molecular formula is C11H15ClN2O2. The molecular weight excluding hydrogens is 228 g/mol. The third kappa shape index (κ3) is 2.46. The average molecular weight is 243 g/mol. The standard InChI is InChI=1S/C11H14N2O2.ClH/c1-15-8-11(14)13-7-6-12-9-4-2-3-5-10(9)13;/h2-5,12H,6-8H2,1H3;1H. The summed E-state index contributed by atoms with van der Waals surface area (Å²) in [7, 11) is 1.53. The lowest BCUT2D eigenvalue weighted by atomic mass is 10.2. The molecule has 0 aromatic heterocycles. The molecule has 0 bridgehead atoms. The molecule has 16 heavy (non-hydrogen) atoms. The first-order valence-electron chi connectivity index (χ1n) is 4.95. The lowest BCUT2D eigenvalue weighted by Crippen LogP contribution is -2.40. The number of fused-ring (bicyclic) bond motifs is 1. The third-order valence-corrected chi connectivity index (χ3v) is 2.41. The van der Waals surface area contributed by atoms with E-state index >= 15 is 0 Å². The first kappa shape index (κ1) is 12.8. The van der Waals surface area contributed by atoms with E-state index in [9.17, 15) is 4.79 Å². The summed E-state index contributed by atoms with van der Waals surface area (Å²) in [6, 6.07) is 7.80. The highest BCUT2D eigenvalue weighted by Crippen LogP contribution is 2.28. The Kier molecular flexibility index (Phi) is 4.58. The second kappa shape index (κ2) is 5.72. The molecule has 0 atom stereocenters. The number of hydrogen-bond acceptors (Lipinski definition) is 3. The van der Waals surface area contributed by atoms with Crippen molar-refractivity contribution in [3.05, 3.63) is 24.3 Å². The molecule has 1 aromatic rings. The lowest BCUT2D eigenvalue weighted by molar-refractivity contribution is -0.122. The fraction of sp³-hybridized carbons (Fsp3) is 0.364. The highest BCUT2D eigenvalue weighted by molar-refractivity contribution is 5.98. The van der Waals surface area contributed by atoms with Crippen molar-refractivity contribution in [1.82, 2.24) is 0 Å². The first-order valence-corrected chi connectivity index (χ1v) is 4.95. The van der Waals surface area contributed by atoms with Crippen molar-refractivity contribution < 1.29 is 9.53 Å². The summed E-state index contributed by atoms with van der Waals surface area (Å²) >= 11 is 0. The van der Waals surface area contributed by atoms with E-state index < -0.39 is 0 Å². The molecule has 0 aliphatic carbocycles. The zero-order valence-electron chi connectivity index (χ0n) is 9.10. The Labute approximate surface area is 101 Å². The van der Waals surface area contributed by atoms with Crippen LogP contribution in [-0.2, 0) is 9.53 Å². The van der Waals surface area contributed by atoms with Crippen molar-refractivity contribution in [2.45, 2.75) is 0 Å². The van der Waals surface area contributed by atoms with Crippen LogP contribution in [0.1, 0.15) is 0 Å². The number of benzene rings is 1. The normalized spacial score (nSPS) is 13.4. The summed E-state index contributed by atoms with van der Waals surface area (Å²) in [6.07, 6.45) is 0. The number of nitrogens with zero attached hydrogens (tertiary/aromatic N) is 1. The number of carbonyl (C=O) groups excluding carboxylic acids is 1. The predicted octanol–water partition coefficient (Wildman–Crippen LogP) is 1.51. The van der Waals surface area contributed by atoms with Gasteiger partial charge in [-0.3, -0.25) is 4.79 Å². The number of rotatable bonds is 2. The molecule has 4 nitrogen and oxygen atoms in total. The van der Waals surface area contributed by atoms with E-state index in [1.54, 1.807) is 4.90 Å². The molecule has 1 aliphatic heterocycles. The number of carbonyl (C=O) groups is 1. The number of nitrogens with one attached hydrogen (secondary N) is 1. The van der Waals surface area contributed by atoms with Gasteiger partial charge in [0.25, 0.3) is 5.91 Å². The number of para-hydroxylation sites is 2. The molecule has 0 fully saturated rings. The summed E-state index contributed by atoms with van der Waals surface area (Å²) in [5, 5.41) is 3.25. The molecule has 5 heteroatoms. The van der Waals surface area contributed by atoms with Crippen LogP contribution in [0.2, 0.25) is 0 Å². The van der Waals surface area contributed by atoms with Crippen molar-refractivity contribution in [2.75, 3.05) is 37.0 Å². The second-order valence-corrected chi connectivity index (χ2v) is 3.42. The predicted molar refractivity (Wildman–Crippen MR) is 66.4 cm³/mol. The summed E-state index contributed by atoms with van der Waals surface area (Å²) < 4.78 is 4.86. The monoisotopic (exact) mass is 242 g/mol. The van der Waals surface area contributed by atoms with Gasteiger partial charge in [0.1, 0.15) is 6.61 Å². The van der Waals surface area contributed by atoms with E-state index in [1.165, 1.54) is 7.11 Å². The molecule has 1 amide bonds. The van der Waals surface area contributed by atoms with Crippen molar-refractivity contribution in [3.63, 3.8) is 0 Å². The summed E-state index contributed by atoms with van der Waals surface area (Å²) in [5.41, 5.74) is 1.94. The van der Waals surface area contributed by atoms with Crippen LogP contribution in [0.5, 0.6) is 0 Å². The number of ether oxygens (including phenoxy) is 1. The zero-order chi connectivity index (χ0) is 10.7. The summed E-state index contributed by atoms with van der Waals surface area (Å²) in [4.78, 5) is 13.5. The molecule has 88 valence electrons. The van der Waals surface area contributed by atoms with Gasteiger partial charge in [-0.2, -0.15) is 0 Å². The first-order chi connectivity index (χ1) is 7.33. The SMILES string of the molecule is COCC(=O)N1CCNc2ccccc21.Cl.